The van der Waals surface area contributed by atoms with Gasteiger partial charge in [-0.2, -0.15) is 0 Å². The molecule has 0 aliphatic rings. The van der Waals surface area contributed by atoms with Crippen LogP contribution in [0.3, 0.4) is 0 Å². The van der Waals surface area contributed by atoms with E-state index in [0.717, 1.165) is 26.9 Å². The highest BCUT2D eigenvalue weighted by Crippen LogP contribution is 2.61. The maximum Gasteiger partial charge on any atom is 0.258 e. The van der Waals surface area contributed by atoms with Gasteiger partial charge in [-0.1, -0.05) is 103 Å². The first-order valence-corrected chi connectivity index (χ1v) is 16.3. The van der Waals surface area contributed by atoms with E-state index in [0.29, 0.717) is 11.1 Å². The van der Waals surface area contributed by atoms with Gasteiger partial charge in [-0.05, 0) is 55.5 Å². The molecule has 0 unspecified atom stereocenters. The number of benzene rings is 5. The number of nitrogens with one attached hydrogen (secondary N) is 1. The molecule has 1 amide bonds. The van der Waals surface area contributed by atoms with Crippen LogP contribution in [0.5, 0.6) is 0 Å². The Morgan fingerprint density at radius 2 is 1.05 bits per heavy atom. The lowest BCUT2D eigenvalue weighted by atomic mass is 10.1. The molecule has 6 heteroatoms. The van der Waals surface area contributed by atoms with Crippen molar-refractivity contribution in [2.24, 2.45) is 0 Å². The minimum absolute atomic E-state index is 0. The molecule has 0 saturated heterocycles. The van der Waals surface area contributed by atoms with Crippen molar-refractivity contribution in [1.29, 1.82) is 0 Å². The number of carbonyl (C=O) groups is 2. The predicted octanol–water partition coefficient (Wildman–Crippen LogP) is 4.14. The van der Waals surface area contributed by atoms with Gasteiger partial charge in [-0.15, -0.1) is 11.8 Å². The van der Waals surface area contributed by atoms with Crippen molar-refractivity contribution in [3.63, 3.8) is 0 Å². The summed E-state index contributed by atoms with van der Waals surface area (Å²) in [5.74, 6) is 0.115. The normalized spacial score (nSPS) is 11.3. The number of thioether (sulfide) groups is 1. The van der Waals surface area contributed by atoms with Gasteiger partial charge in [0.2, 0.25) is 0 Å². The number of ketones is 1. The zero-order chi connectivity index (χ0) is 28.5. The Morgan fingerprint density at radius 3 is 1.50 bits per heavy atom. The zero-order valence-electron chi connectivity index (χ0n) is 23.2. The maximum atomic E-state index is 13.8. The molecule has 0 bridgehead atoms. The van der Waals surface area contributed by atoms with E-state index < -0.39 is 7.26 Å². The van der Waals surface area contributed by atoms with Crippen molar-refractivity contribution in [3.05, 3.63) is 173 Å². The molecule has 5 rings (SSSR count). The molecule has 0 aliphatic heterocycles. The zero-order valence-corrected chi connectivity index (χ0v) is 26.5. The molecule has 0 saturated carbocycles. The van der Waals surface area contributed by atoms with Gasteiger partial charge in [0.25, 0.3) is 5.91 Å². The van der Waals surface area contributed by atoms with E-state index in [-0.39, 0.29) is 34.4 Å². The second kappa shape index (κ2) is 14.9. The molecule has 0 aromatic heterocycles. The smallest absolute Gasteiger partial charge is 0.258 e. The molecule has 0 atom stereocenters. The van der Waals surface area contributed by atoms with Gasteiger partial charge in [0.1, 0.15) is 15.9 Å². The number of halogens is 1. The summed E-state index contributed by atoms with van der Waals surface area (Å²) >= 11 is 1.42. The number of amides is 1. The Balaban J connectivity index is 0.00000405. The van der Waals surface area contributed by atoms with Gasteiger partial charge in [-0.25, -0.2) is 0 Å². The second-order valence-electron chi connectivity index (χ2n) is 9.60. The number of hydrogen-bond acceptors (Lipinski definition) is 3. The largest absolute Gasteiger partial charge is 1.00 e. The third-order valence-electron chi connectivity index (χ3n) is 6.85. The second-order valence-corrected chi connectivity index (χ2v) is 13.8. The monoisotopic (exact) mass is 651 g/mol. The minimum Gasteiger partial charge on any atom is -1.00 e. The molecule has 5 aromatic rings. The van der Waals surface area contributed by atoms with Crippen LogP contribution < -0.4 is 38.2 Å². The molecule has 0 spiro atoms. The Bertz CT molecular complexity index is 1530. The average Bonchev–Trinajstić information content (AvgIpc) is 3.03. The molecule has 210 valence electrons. The maximum absolute atomic E-state index is 13.8. The Kier molecular flexibility index (Phi) is 11.1. The van der Waals surface area contributed by atoms with Crippen LogP contribution in [-0.2, 0) is 0 Å². The van der Waals surface area contributed by atoms with Crippen LogP contribution in [0.4, 0.5) is 0 Å². The quantitative estimate of drug-likeness (QED) is 0.182. The summed E-state index contributed by atoms with van der Waals surface area (Å²) in [6.07, 6.45) is 0. The Hall–Kier alpha value is -3.76. The average molecular weight is 653 g/mol. The van der Waals surface area contributed by atoms with Gasteiger partial charge in [0, 0.05) is 16.5 Å². The molecule has 1 N–H and O–H groups in total. The van der Waals surface area contributed by atoms with Crippen LogP contribution in [0.25, 0.3) is 0 Å². The Labute approximate surface area is 263 Å². The van der Waals surface area contributed by atoms with Gasteiger partial charge in [0.05, 0.1) is 5.75 Å². The minimum atomic E-state index is -2.58. The fourth-order valence-electron chi connectivity index (χ4n) is 4.81. The highest BCUT2D eigenvalue weighted by atomic mass is 79.9. The van der Waals surface area contributed by atoms with Crippen molar-refractivity contribution < 1.29 is 26.6 Å². The summed E-state index contributed by atoms with van der Waals surface area (Å²) in [7, 11) is -2.58. The fourth-order valence-corrected chi connectivity index (χ4v) is 10.1. The van der Waals surface area contributed by atoms with Crippen LogP contribution in [0.1, 0.15) is 26.3 Å². The number of aryl methyl sites for hydroxylation is 1. The Morgan fingerprint density at radius 1 is 0.619 bits per heavy atom. The van der Waals surface area contributed by atoms with Crippen LogP contribution >= 0.6 is 19.0 Å². The first-order chi connectivity index (χ1) is 20.1. The highest BCUT2D eigenvalue weighted by molar-refractivity contribution is 8.04. The van der Waals surface area contributed by atoms with E-state index in [9.17, 15) is 9.59 Å². The summed E-state index contributed by atoms with van der Waals surface area (Å²) in [6.45, 7) is 2.00. The molecule has 0 radical (unpaired) electrons. The van der Waals surface area contributed by atoms with Gasteiger partial charge < -0.3 is 17.0 Å². The standard InChI is InChI=1S/C36H30NO2PS.BrH/c1-28-22-24-30(25-23-28)36(39)37-35(27-41-26-34(38)29-14-6-2-7-15-29)40(31-16-8-3-9-17-31,32-18-10-4-11-19-32)33-20-12-5-13-21-33;/h2-25,27H,26H2,1H3;1H. The first-order valence-electron chi connectivity index (χ1n) is 13.4. The van der Waals surface area contributed by atoms with Crippen LogP contribution in [-0.4, -0.2) is 17.4 Å². The summed E-state index contributed by atoms with van der Waals surface area (Å²) in [4.78, 5) is 26.8. The van der Waals surface area contributed by atoms with Crippen molar-refractivity contribution in [2.75, 3.05) is 5.75 Å². The van der Waals surface area contributed by atoms with E-state index in [1.54, 1.807) is 0 Å². The fraction of sp³-hybridized carbons (Fsp3) is 0.0556. The third-order valence-corrected chi connectivity index (χ3v) is 12.0. The lowest BCUT2D eigenvalue weighted by molar-refractivity contribution is -0.0000238. The number of carbonyl (C=O) groups excluding carboxylic acids is 2. The van der Waals surface area contributed by atoms with E-state index in [4.69, 9.17) is 0 Å². The van der Waals surface area contributed by atoms with E-state index >= 15 is 0 Å². The summed E-state index contributed by atoms with van der Waals surface area (Å²) in [5, 5.41) is 8.68. The number of rotatable bonds is 10. The number of hydrogen-bond donors (Lipinski definition) is 1. The van der Waals surface area contributed by atoms with E-state index in [2.05, 4.69) is 41.7 Å². The van der Waals surface area contributed by atoms with Crippen LogP contribution in [0.2, 0.25) is 0 Å². The lowest BCUT2D eigenvalue weighted by Crippen LogP contribution is -3.00. The summed E-state index contributed by atoms with van der Waals surface area (Å²) < 4.78 is 0. The lowest BCUT2D eigenvalue weighted by Gasteiger charge is -2.29. The first kappa shape index (κ1) is 31.2. The van der Waals surface area contributed by atoms with E-state index in [1.165, 1.54) is 11.8 Å². The molecule has 0 fully saturated rings. The molecule has 0 aliphatic carbocycles. The SMILES string of the molecule is Cc1ccc(C(=O)NC(=CSCC(=O)c2ccccc2)[P+](c2ccccc2)(c2ccccc2)c2ccccc2)cc1.[Br-]. The molecule has 5 aromatic carbocycles. The van der Waals surface area contributed by atoms with E-state index in [1.807, 2.05) is 122 Å². The summed E-state index contributed by atoms with van der Waals surface area (Å²) in [6, 6.07) is 48.0. The topological polar surface area (TPSA) is 46.2 Å². The van der Waals surface area contributed by atoms with Gasteiger partial charge in [-0.3, -0.25) is 14.9 Å². The number of Topliss-reactive ketones (excluding diaryl/α,β-unsaturated/α-hetero) is 1. The highest BCUT2D eigenvalue weighted by Gasteiger charge is 2.50. The van der Waals surface area contributed by atoms with Crippen LogP contribution in [0.15, 0.2) is 156 Å². The third kappa shape index (κ3) is 6.99. The molecule has 0 heterocycles. The van der Waals surface area contributed by atoms with Gasteiger partial charge in [0.15, 0.2) is 18.5 Å². The van der Waals surface area contributed by atoms with Crippen molar-refractivity contribution in [1.82, 2.24) is 5.32 Å². The summed E-state index contributed by atoms with van der Waals surface area (Å²) in [5.41, 5.74) is 3.14. The van der Waals surface area contributed by atoms with Crippen molar-refractivity contribution in [2.45, 2.75) is 6.92 Å². The predicted molar refractivity (Wildman–Crippen MR) is 175 cm³/mol. The van der Waals surface area contributed by atoms with Gasteiger partial charge >= 0.3 is 0 Å². The molecule has 3 nitrogen and oxygen atoms in total. The van der Waals surface area contributed by atoms with Crippen molar-refractivity contribution in [3.8, 4) is 0 Å². The van der Waals surface area contributed by atoms with Crippen LogP contribution in [0, 0.1) is 6.92 Å². The molecular formula is C36H31BrNO2PS. The van der Waals surface area contributed by atoms with Crippen molar-refractivity contribution >= 4 is 46.6 Å². The molecular weight excluding hydrogens is 621 g/mol. The molecule has 42 heavy (non-hydrogen) atoms.